The Balaban J connectivity index is 2.01. The lowest BCUT2D eigenvalue weighted by molar-refractivity contribution is -0.242. The molecule has 1 aliphatic heterocycles. The third-order valence-corrected chi connectivity index (χ3v) is 8.31. The zero-order valence-electron chi connectivity index (χ0n) is 21.5. The molecule has 2 atom stereocenters. The zero-order valence-corrected chi connectivity index (χ0v) is 23.0. The Morgan fingerprint density at radius 3 is 2.51 bits per heavy atom. The van der Waals surface area contributed by atoms with E-state index in [1.165, 1.54) is 29.1 Å². The van der Waals surface area contributed by atoms with Crippen LogP contribution in [-0.2, 0) is 26.1 Å². The number of benzene rings is 1. The highest BCUT2D eigenvalue weighted by atomic mass is 35.5. The number of aliphatic carboxylic acids is 1. The van der Waals surface area contributed by atoms with Gasteiger partial charge in [0, 0.05) is 18.4 Å². The summed E-state index contributed by atoms with van der Waals surface area (Å²) in [5, 5.41) is 15.3. The van der Waals surface area contributed by atoms with Gasteiger partial charge in [-0.15, -0.1) is 0 Å². The Morgan fingerprint density at radius 1 is 1.31 bits per heavy atom. The molecular weight excluding hydrogens is 569 g/mol. The van der Waals surface area contributed by atoms with Gasteiger partial charge in [-0.2, -0.15) is 18.3 Å². The van der Waals surface area contributed by atoms with E-state index >= 15 is 0 Å². The Kier molecular flexibility index (Phi) is 8.65. The van der Waals surface area contributed by atoms with Crippen LogP contribution in [-0.4, -0.2) is 59.8 Å². The molecule has 0 spiro atoms. The van der Waals surface area contributed by atoms with E-state index < -0.39 is 45.9 Å². The summed E-state index contributed by atoms with van der Waals surface area (Å²) in [4.78, 5) is 23.5. The first kappa shape index (κ1) is 30.3. The first-order chi connectivity index (χ1) is 18.0. The van der Waals surface area contributed by atoms with Crippen LogP contribution in [0.1, 0.15) is 40.5 Å². The minimum atomic E-state index is -4.83. The van der Waals surface area contributed by atoms with Gasteiger partial charge >= 0.3 is 18.2 Å². The van der Waals surface area contributed by atoms with Crippen LogP contribution in [0.15, 0.2) is 29.3 Å². The number of rotatable bonds is 9. The van der Waals surface area contributed by atoms with Gasteiger partial charge in [0.05, 0.1) is 18.2 Å². The van der Waals surface area contributed by atoms with E-state index in [4.69, 9.17) is 16.3 Å². The molecule has 3 rings (SSSR count). The van der Waals surface area contributed by atoms with Gasteiger partial charge in [0.15, 0.2) is 5.15 Å². The van der Waals surface area contributed by atoms with Crippen LogP contribution in [0.5, 0.6) is 5.75 Å². The highest BCUT2D eigenvalue weighted by Crippen LogP contribution is 2.41. The second kappa shape index (κ2) is 11.1. The molecule has 1 aromatic carbocycles. The standard InChI is InChI=1S/C23H28ClF3N4O7S/c1-5-13(20(32)33)9-15-11-31(39(35,36)18-12-30(6-2)29-19(18)24)16-10-14(7-8-17(16)37-15)28-21(34)38-22(3,4)23(25,26)27/h7-8,10,12-13,15H,5-6,9,11H2,1-4H3,(H,28,34)(H,32,33)/t13-,15-/m0/s1. The van der Waals surface area contributed by atoms with Crippen molar-refractivity contribution in [3.8, 4) is 5.75 Å². The van der Waals surface area contributed by atoms with Crippen molar-refractivity contribution in [3.63, 3.8) is 0 Å². The topological polar surface area (TPSA) is 140 Å². The zero-order chi connectivity index (χ0) is 29.3. The number of carboxylic acid groups (broad SMARTS) is 1. The van der Waals surface area contributed by atoms with Crippen LogP contribution >= 0.6 is 11.6 Å². The van der Waals surface area contributed by atoms with Crippen molar-refractivity contribution < 1.29 is 45.8 Å². The predicted octanol–water partition coefficient (Wildman–Crippen LogP) is 4.90. The average molecular weight is 597 g/mol. The number of hydrogen-bond acceptors (Lipinski definition) is 7. The number of hydrogen-bond donors (Lipinski definition) is 2. The molecular formula is C23H28ClF3N4O7S. The Bertz CT molecular complexity index is 1350. The molecule has 0 radical (unpaired) electrons. The van der Waals surface area contributed by atoms with E-state index in [0.717, 1.165) is 4.31 Å². The van der Waals surface area contributed by atoms with Crippen molar-refractivity contribution in [1.29, 1.82) is 0 Å². The Labute approximate surface area is 227 Å². The summed E-state index contributed by atoms with van der Waals surface area (Å²) in [6.07, 6.45) is -5.58. The van der Waals surface area contributed by atoms with Gasteiger partial charge in [0.25, 0.3) is 10.0 Å². The highest BCUT2D eigenvalue weighted by Gasteiger charge is 2.51. The fourth-order valence-electron chi connectivity index (χ4n) is 3.77. The average Bonchev–Trinajstić information content (AvgIpc) is 3.22. The van der Waals surface area contributed by atoms with Crippen molar-refractivity contribution in [1.82, 2.24) is 9.78 Å². The molecule has 0 aliphatic carbocycles. The van der Waals surface area contributed by atoms with Crippen LogP contribution in [0, 0.1) is 5.92 Å². The molecule has 11 nitrogen and oxygen atoms in total. The summed E-state index contributed by atoms with van der Waals surface area (Å²) in [5.74, 6) is -1.82. The smallest absolute Gasteiger partial charge is 0.427 e. The summed E-state index contributed by atoms with van der Waals surface area (Å²) >= 11 is 6.13. The summed E-state index contributed by atoms with van der Waals surface area (Å²) < 4.78 is 79.5. The number of anilines is 2. The van der Waals surface area contributed by atoms with Crippen LogP contribution in [0.2, 0.25) is 5.15 Å². The highest BCUT2D eigenvalue weighted by molar-refractivity contribution is 7.93. The number of ether oxygens (including phenoxy) is 2. The van der Waals surface area contributed by atoms with E-state index in [2.05, 4.69) is 15.2 Å². The molecule has 0 unspecified atom stereocenters. The molecule has 0 saturated heterocycles. The number of fused-ring (bicyclic) bond motifs is 1. The van der Waals surface area contributed by atoms with Crippen molar-refractivity contribution >= 4 is 45.1 Å². The molecule has 1 aromatic heterocycles. The van der Waals surface area contributed by atoms with Gasteiger partial charge in [0.2, 0.25) is 5.60 Å². The van der Waals surface area contributed by atoms with Crippen LogP contribution < -0.4 is 14.4 Å². The van der Waals surface area contributed by atoms with Crippen LogP contribution in [0.4, 0.5) is 29.3 Å². The largest absolute Gasteiger partial charge is 0.486 e. The van der Waals surface area contributed by atoms with Gasteiger partial charge < -0.3 is 14.6 Å². The number of carbonyl (C=O) groups is 2. The molecule has 1 amide bonds. The van der Waals surface area contributed by atoms with Crippen molar-refractivity contribution in [2.45, 2.75) is 69.9 Å². The number of carbonyl (C=O) groups excluding carboxylic acids is 1. The molecule has 0 fully saturated rings. The second-order valence-corrected chi connectivity index (χ2v) is 11.5. The SMILES string of the molecule is CC[C@@H](C[C@H]1CN(S(=O)(=O)c2cn(CC)nc2Cl)c2cc(NC(=O)OC(C)(C)C(F)(F)F)ccc2O1)C(=O)O. The van der Waals surface area contributed by atoms with Crippen LogP contribution in [0.3, 0.4) is 0 Å². The molecule has 1 aliphatic rings. The molecule has 39 heavy (non-hydrogen) atoms. The quantitative estimate of drug-likeness (QED) is 0.416. The summed E-state index contributed by atoms with van der Waals surface area (Å²) in [6.45, 7) is 4.81. The molecule has 216 valence electrons. The molecule has 0 bridgehead atoms. The minimum Gasteiger partial charge on any atom is -0.486 e. The van der Waals surface area contributed by atoms with Crippen molar-refractivity contribution in [3.05, 3.63) is 29.5 Å². The van der Waals surface area contributed by atoms with E-state index in [1.807, 2.05) is 0 Å². The number of halogens is 4. The first-order valence-corrected chi connectivity index (χ1v) is 13.7. The lowest BCUT2D eigenvalue weighted by Crippen LogP contribution is -2.45. The molecule has 2 N–H and O–H groups in total. The fourth-order valence-corrected chi connectivity index (χ4v) is 5.71. The lowest BCUT2D eigenvalue weighted by Gasteiger charge is -2.36. The summed E-state index contributed by atoms with van der Waals surface area (Å²) in [6, 6.07) is 3.79. The monoisotopic (exact) mass is 596 g/mol. The number of sulfonamides is 1. The third-order valence-electron chi connectivity index (χ3n) is 6.13. The van der Waals surface area contributed by atoms with Gasteiger partial charge in [-0.25, -0.2) is 13.2 Å². The van der Waals surface area contributed by atoms with Crippen molar-refractivity contribution in [2.24, 2.45) is 5.92 Å². The number of alkyl halides is 3. The van der Waals surface area contributed by atoms with E-state index in [0.29, 0.717) is 20.4 Å². The number of nitrogens with one attached hydrogen (secondary N) is 1. The number of aromatic nitrogens is 2. The molecule has 2 aromatic rings. The van der Waals surface area contributed by atoms with Crippen molar-refractivity contribution in [2.75, 3.05) is 16.2 Å². The Morgan fingerprint density at radius 2 is 1.97 bits per heavy atom. The second-order valence-electron chi connectivity index (χ2n) is 9.30. The van der Waals surface area contributed by atoms with E-state index in [-0.39, 0.29) is 46.6 Å². The maximum Gasteiger partial charge on any atom is 0.427 e. The fraction of sp³-hybridized carbons (Fsp3) is 0.522. The number of carboxylic acids is 1. The first-order valence-electron chi connectivity index (χ1n) is 11.9. The van der Waals surface area contributed by atoms with E-state index in [9.17, 15) is 36.3 Å². The summed E-state index contributed by atoms with van der Waals surface area (Å²) in [5.41, 5.74) is -2.92. The third kappa shape index (κ3) is 6.52. The number of nitrogens with zero attached hydrogens (tertiary/aromatic N) is 3. The molecule has 2 heterocycles. The number of amides is 1. The lowest BCUT2D eigenvalue weighted by atomic mass is 9.98. The van der Waals surface area contributed by atoms with Gasteiger partial charge in [-0.3, -0.25) is 19.1 Å². The Hall–Kier alpha value is -3.20. The minimum absolute atomic E-state index is 0.00189. The maximum atomic E-state index is 13.7. The number of aryl methyl sites for hydroxylation is 1. The predicted molar refractivity (Wildman–Crippen MR) is 135 cm³/mol. The molecule has 16 heteroatoms. The van der Waals surface area contributed by atoms with Gasteiger partial charge in [0.1, 0.15) is 16.7 Å². The van der Waals surface area contributed by atoms with Crippen LogP contribution in [0.25, 0.3) is 0 Å². The van der Waals surface area contributed by atoms with E-state index in [1.54, 1.807) is 13.8 Å². The normalized spacial score (nSPS) is 16.7. The van der Waals surface area contributed by atoms with Gasteiger partial charge in [-0.05, 0) is 51.8 Å². The molecule has 0 saturated carbocycles. The summed E-state index contributed by atoms with van der Waals surface area (Å²) in [7, 11) is -4.39. The maximum absolute atomic E-state index is 13.7. The van der Waals surface area contributed by atoms with Gasteiger partial charge in [-0.1, -0.05) is 18.5 Å².